The molecule has 0 heterocycles. The quantitative estimate of drug-likeness (QED) is 0.746. The molecule has 3 aromatic carbocycles. The second kappa shape index (κ2) is 7.40. The zero-order valence-electron chi connectivity index (χ0n) is 12.8. The molecule has 23 heavy (non-hydrogen) atoms. The van der Waals surface area contributed by atoms with E-state index in [0.717, 1.165) is 5.56 Å². The monoisotopic (exact) mass is 299 g/mol. The van der Waals surface area contributed by atoms with Crippen molar-refractivity contribution in [3.8, 4) is 6.07 Å². The van der Waals surface area contributed by atoms with E-state index in [4.69, 9.17) is 5.26 Å². The first-order valence-electron chi connectivity index (χ1n) is 7.71. The molecule has 0 spiro atoms. The van der Waals surface area contributed by atoms with Gasteiger partial charge in [-0.1, -0.05) is 96.3 Å². The number of hydrogen-bond donors (Lipinski definition) is 2. The van der Waals surface area contributed by atoms with Crippen molar-refractivity contribution in [3.05, 3.63) is 108 Å². The van der Waals surface area contributed by atoms with Crippen molar-refractivity contribution in [1.82, 2.24) is 5.32 Å². The van der Waals surface area contributed by atoms with Crippen LogP contribution in [0.1, 0.15) is 28.8 Å². The van der Waals surface area contributed by atoms with Crippen LogP contribution < -0.4 is 10.6 Å². The van der Waals surface area contributed by atoms with Gasteiger partial charge in [-0.25, -0.2) is 0 Å². The smallest absolute Gasteiger partial charge is 0.284 e. The average Bonchev–Trinajstić information content (AvgIpc) is 2.65. The van der Waals surface area contributed by atoms with E-state index in [9.17, 15) is 0 Å². The van der Waals surface area contributed by atoms with Crippen LogP contribution in [0.5, 0.6) is 0 Å². The van der Waals surface area contributed by atoms with Gasteiger partial charge in [0.15, 0.2) is 6.04 Å². The molecule has 3 rings (SSSR count). The van der Waals surface area contributed by atoms with Crippen LogP contribution in [0.15, 0.2) is 91.0 Å². The number of hydrogen-bond acceptors (Lipinski definition) is 1. The largest absolute Gasteiger partial charge is 0.294 e. The second-order valence-corrected chi connectivity index (χ2v) is 5.41. The summed E-state index contributed by atoms with van der Waals surface area (Å²) < 4.78 is 0. The lowest BCUT2D eigenvalue weighted by Crippen LogP contribution is -2.31. The van der Waals surface area contributed by atoms with E-state index in [2.05, 4.69) is 35.7 Å². The Hall–Kier alpha value is -2.89. The molecule has 0 bridgehead atoms. The van der Waals surface area contributed by atoms with Crippen molar-refractivity contribution in [2.24, 2.45) is 0 Å². The summed E-state index contributed by atoms with van der Waals surface area (Å²) in [6.07, 6.45) is 0. The van der Waals surface area contributed by atoms with Crippen molar-refractivity contribution >= 4 is 0 Å². The van der Waals surface area contributed by atoms with Gasteiger partial charge >= 0.3 is 0 Å². The fourth-order valence-electron chi connectivity index (χ4n) is 2.71. The number of benzene rings is 3. The summed E-state index contributed by atoms with van der Waals surface area (Å²) in [5.41, 5.74) is 3.39. The van der Waals surface area contributed by atoms with Crippen LogP contribution in [0.2, 0.25) is 0 Å². The Kier molecular flexibility index (Phi) is 4.83. The molecule has 0 saturated carbocycles. The fourth-order valence-corrected chi connectivity index (χ4v) is 2.71. The number of rotatable bonds is 5. The normalized spacial score (nSPS) is 11.8. The van der Waals surface area contributed by atoms with Gasteiger partial charge in [0.1, 0.15) is 0 Å². The summed E-state index contributed by atoms with van der Waals surface area (Å²) in [5.74, 6) is 0. The predicted molar refractivity (Wildman–Crippen MR) is 91.9 cm³/mol. The van der Waals surface area contributed by atoms with Crippen LogP contribution >= 0.6 is 0 Å². The molecule has 0 amide bonds. The Bertz CT molecular complexity index is 722. The average molecular weight is 299 g/mol. The molecule has 0 saturated heterocycles. The van der Waals surface area contributed by atoms with Crippen LogP contribution in [0.3, 0.4) is 0 Å². The fraction of sp³-hybridized carbons (Fsp3) is 0.0952. The molecular weight excluding hydrogens is 280 g/mol. The Morgan fingerprint density at radius 2 is 1.00 bits per heavy atom. The minimum absolute atomic E-state index is 0.0143. The summed E-state index contributed by atoms with van der Waals surface area (Å²) in [6, 6.07) is 33.0. The molecule has 0 aliphatic carbocycles. The highest BCUT2D eigenvalue weighted by Gasteiger charge is 2.21. The molecule has 0 aliphatic rings. The molecule has 2 nitrogen and oxygen atoms in total. The third kappa shape index (κ3) is 3.66. The minimum atomic E-state index is -0.249. The zero-order chi connectivity index (χ0) is 15.9. The second-order valence-electron chi connectivity index (χ2n) is 5.41. The SMILES string of the molecule is [NH+]#C[C@H](NC(c1ccccc1)c1ccccc1)c1ccccc1. The first-order valence-corrected chi connectivity index (χ1v) is 7.71. The molecule has 0 fully saturated rings. The van der Waals surface area contributed by atoms with E-state index in [-0.39, 0.29) is 12.1 Å². The molecular formula is C21H19N2+. The maximum absolute atomic E-state index is 7.70. The highest BCUT2D eigenvalue weighted by Crippen LogP contribution is 2.25. The summed E-state index contributed by atoms with van der Waals surface area (Å²) in [6.45, 7) is 0. The lowest BCUT2D eigenvalue weighted by molar-refractivity contribution is -0.0971. The molecule has 2 N–H and O–H groups in total. The summed E-state index contributed by atoms with van der Waals surface area (Å²) in [4.78, 5) is 0. The number of nitrogens with one attached hydrogen (secondary N) is 2. The predicted octanol–water partition coefficient (Wildman–Crippen LogP) is 2.88. The third-order valence-corrected chi connectivity index (χ3v) is 3.88. The van der Waals surface area contributed by atoms with Crippen LogP contribution in [0.25, 0.3) is 0 Å². The van der Waals surface area contributed by atoms with E-state index < -0.39 is 0 Å². The first kappa shape index (κ1) is 15.0. The van der Waals surface area contributed by atoms with Crippen molar-refractivity contribution < 1.29 is 5.26 Å². The Balaban J connectivity index is 1.95. The lowest BCUT2D eigenvalue weighted by Gasteiger charge is -2.22. The molecule has 112 valence electrons. The Morgan fingerprint density at radius 1 is 0.609 bits per heavy atom. The maximum atomic E-state index is 7.70. The molecule has 2 heteroatoms. The van der Waals surface area contributed by atoms with Crippen LogP contribution in [0.4, 0.5) is 0 Å². The first-order chi connectivity index (χ1) is 11.4. The third-order valence-electron chi connectivity index (χ3n) is 3.88. The van der Waals surface area contributed by atoms with Gasteiger partial charge in [-0.15, -0.1) is 0 Å². The van der Waals surface area contributed by atoms with Crippen molar-refractivity contribution in [1.29, 1.82) is 0 Å². The summed E-state index contributed by atoms with van der Waals surface area (Å²) >= 11 is 0. The van der Waals surface area contributed by atoms with Gasteiger partial charge in [-0.2, -0.15) is 0 Å². The Morgan fingerprint density at radius 3 is 1.39 bits per heavy atom. The van der Waals surface area contributed by atoms with Crippen molar-refractivity contribution in [2.75, 3.05) is 0 Å². The van der Waals surface area contributed by atoms with E-state index >= 15 is 0 Å². The van der Waals surface area contributed by atoms with E-state index in [1.54, 1.807) is 0 Å². The van der Waals surface area contributed by atoms with Gasteiger partial charge < -0.3 is 0 Å². The lowest BCUT2D eigenvalue weighted by atomic mass is 9.96. The van der Waals surface area contributed by atoms with Gasteiger partial charge in [0, 0.05) is 0 Å². The highest BCUT2D eigenvalue weighted by molar-refractivity contribution is 5.33. The van der Waals surface area contributed by atoms with E-state index in [1.165, 1.54) is 11.1 Å². The van der Waals surface area contributed by atoms with Gasteiger partial charge in [0.05, 0.1) is 6.04 Å². The van der Waals surface area contributed by atoms with Gasteiger partial charge in [-0.3, -0.25) is 5.32 Å². The topological polar surface area (TPSA) is 35.8 Å². The van der Waals surface area contributed by atoms with E-state index in [0.29, 0.717) is 0 Å². The van der Waals surface area contributed by atoms with E-state index in [1.807, 2.05) is 66.7 Å². The van der Waals surface area contributed by atoms with Crippen molar-refractivity contribution in [3.63, 3.8) is 0 Å². The zero-order valence-corrected chi connectivity index (χ0v) is 12.8. The minimum Gasteiger partial charge on any atom is -0.284 e. The van der Waals surface area contributed by atoms with Gasteiger partial charge in [0.25, 0.3) is 6.07 Å². The standard InChI is InChI=1S/C21H18N2/c22-16-20(17-10-4-1-5-11-17)23-21(18-12-6-2-7-13-18)19-14-8-3-9-15-19/h1-15,20-21,23H/p+1/t20-/m0/s1. The molecule has 0 aromatic heterocycles. The van der Waals surface area contributed by atoms with Crippen LogP contribution in [-0.4, -0.2) is 0 Å². The summed E-state index contributed by atoms with van der Waals surface area (Å²) in [5, 5.41) is 11.3. The molecule has 0 unspecified atom stereocenters. The molecule has 1 atom stereocenters. The highest BCUT2D eigenvalue weighted by atomic mass is 15.0. The van der Waals surface area contributed by atoms with Gasteiger partial charge in [-0.05, 0) is 16.7 Å². The summed E-state index contributed by atoms with van der Waals surface area (Å²) in [7, 11) is 0. The van der Waals surface area contributed by atoms with Gasteiger partial charge in [0.2, 0.25) is 0 Å². The maximum Gasteiger partial charge on any atom is 0.294 e. The van der Waals surface area contributed by atoms with Crippen LogP contribution in [0, 0.1) is 6.07 Å². The van der Waals surface area contributed by atoms with Crippen LogP contribution in [-0.2, 0) is 0 Å². The Labute approximate surface area is 137 Å². The molecule has 3 aromatic rings. The van der Waals surface area contributed by atoms with Crippen molar-refractivity contribution in [2.45, 2.75) is 12.1 Å². The molecule has 0 aliphatic heterocycles. The molecule has 0 radical (unpaired) electrons.